The Kier molecular flexibility index (Phi) is 5.85. The van der Waals surface area contributed by atoms with Crippen molar-refractivity contribution in [2.24, 2.45) is 0 Å². The van der Waals surface area contributed by atoms with Crippen molar-refractivity contribution >= 4 is 33.2 Å². The number of rotatable bonds is 4. The Labute approximate surface area is 127 Å². The van der Waals surface area contributed by atoms with Crippen LogP contribution in [0.25, 0.3) is 0 Å². The number of hydrogen-bond acceptors (Lipinski definition) is 3. The number of alkyl halides is 1. The summed E-state index contributed by atoms with van der Waals surface area (Å²) in [6.07, 6.45) is 1.93. The topological polar surface area (TPSA) is 23.6 Å². The van der Waals surface area contributed by atoms with E-state index in [1.165, 1.54) is 4.88 Å². The maximum absolute atomic E-state index is 12.2. The van der Waals surface area contributed by atoms with Crippen molar-refractivity contribution in [2.45, 2.75) is 31.1 Å². The molecular formula is C14H21BrN2OS. The van der Waals surface area contributed by atoms with Crippen LogP contribution < -0.4 is 0 Å². The lowest BCUT2D eigenvalue weighted by Crippen LogP contribution is -2.39. The van der Waals surface area contributed by atoms with Gasteiger partial charge in [-0.05, 0) is 24.3 Å². The zero-order valence-electron chi connectivity index (χ0n) is 11.3. The molecule has 1 amide bonds. The average Bonchev–Trinajstić information content (AvgIpc) is 2.82. The van der Waals surface area contributed by atoms with Gasteiger partial charge in [0.1, 0.15) is 0 Å². The van der Waals surface area contributed by atoms with Crippen LogP contribution in [0.4, 0.5) is 0 Å². The summed E-state index contributed by atoms with van der Waals surface area (Å²) in [5, 5.41) is 2.12. The van der Waals surface area contributed by atoms with Gasteiger partial charge in [-0.2, -0.15) is 0 Å². The highest BCUT2D eigenvalue weighted by atomic mass is 79.9. The molecule has 1 unspecified atom stereocenters. The molecule has 0 radical (unpaired) electrons. The predicted molar refractivity (Wildman–Crippen MR) is 83.8 cm³/mol. The van der Waals surface area contributed by atoms with E-state index in [9.17, 15) is 4.79 Å². The quantitative estimate of drug-likeness (QED) is 0.784. The normalized spacial score (nSPS) is 19.2. The van der Waals surface area contributed by atoms with Crippen molar-refractivity contribution in [1.82, 2.24) is 9.80 Å². The molecule has 1 saturated heterocycles. The third kappa shape index (κ3) is 4.29. The smallest absolute Gasteiger partial charge is 0.236 e. The average molecular weight is 345 g/mol. The fourth-order valence-electron chi connectivity index (χ4n) is 2.35. The van der Waals surface area contributed by atoms with E-state index in [4.69, 9.17) is 0 Å². The van der Waals surface area contributed by atoms with Gasteiger partial charge in [0.2, 0.25) is 5.91 Å². The van der Waals surface area contributed by atoms with Gasteiger partial charge in [0, 0.05) is 37.6 Å². The second-order valence-corrected chi connectivity index (χ2v) is 7.05. The summed E-state index contributed by atoms with van der Waals surface area (Å²) < 4.78 is 0. The van der Waals surface area contributed by atoms with E-state index in [2.05, 4.69) is 38.3 Å². The van der Waals surface area contributed by atoms with Crippen LogP contribution in [0, 0.1) is 0 Å². The Bertz CT molecular complexity index is 396. The second kappa shape index (κ2) is 7.41. The molecule has 2 rings (SSSR count). The molecular weight excluding hydrogens is 324 g/mol. The number of carbonyl (C=O) groups excluding carboxylic acids is 1. The molecule has 106 valence electrons. The van der Waals surface area contributed by atoms with Gasteiger partial charge in [0.15, 0.2) is 0 Å². The van der Waals surface area contributed by atoms with Gasteiger partial charge >= 0.3 is 0 Å². The lowest BCUT2D eigenvalue weighted by atomic mass is 10.3. The first kappa shape index (κ1) is 15.0. The monoisotopic (exact) mass is 344 g/mol. The molecule has 1 aromatic heterocycles. The highest BCUT2D eigenvalue weighted by molar-refractivity contribution is 9.10. The van der Waals surface area contributed by atoms with Gasteiger partial charge < -0.3 is 4.90 Å². The third-order valence-electron chi connectivity index (χ3n) is 3.49. The van der Waals surface area contributed by atoms with Crippen molar-refractivity contribution < 1.29 is 4.79 Å². The van der Waals surface area contributed by atoms with Crippen LogP contribution in [0.5, 0.6) is 0 Å². The summed E-state index contributed by atoms with van der Waals surface area (Å²) >= 11 is 5.27. The van der Waals surface area contributed by atoms with Gasteiger partial charge in [-0.15, -0.1) is 11.3 Å². The molecule has 5 heteroatoms. The molecule has 0 N–H and O–H groups in total. The first-order chi connectivity index (χ1) is 9.20. The number of nitrogens with zero attached hydrogens (tertiary/aromatic N) is 2. The number of hydrogen-bond donors (Lipinski definition) is 0. The van der Waals surface area contributed by atoms with Gasteiger partial charge in [-0.1, -0.05) is 28.9 Å². The van der Waals surface area contributed by atoms with Gasteiger partial charge in [-0.25, -0.2) is 0 Å². The second-order valence-electron chi connectivity index (χ2n) is 4.91. The fraction of sp³-hybridized carbons (Fsp3) is 0.643. The van der Waals surface area contributed by atoms with Crippen LogP contribution in [0.1, 0.15) is 24.6 Å². The maximum Gasteiger partial charge on any atom is 0.236 e. The molecule has 1 aliphatic heterocycles. The maximum atomic E-state index is 12.2. The molecule has 0 saturated carbocycles. The molecule has 1 fully saturated rings. The van der Waals surface area contributed by atoms with E-state index in [0.717, 1.165) is 45.6 Å². The van der Waals surface area contributed by atoms with E-state index < -0.39 is 0 Å². The van der Waals surface area contributed by atoms with E-state index in [1.807, 2.05) is 23.2 Å². The number of carbonyl (C=O) groups is 1. The summed E-state index contributed by atoms with van der Waals surface area (Å²) in [5.74, 6) is 0.250. The Morgan fingerprint density at radius 2 is 2.26 bits per heavy atom. The number of halogens is 1. The molecule has 1 aliphatic rings. The van der Waals surface area contributed by atoms with Crippen molar-refractivity contribution in [3.05, 3.63) is 22.4 Å². The van der Waals surface area contributed by atoms with Crippen LogP contribution in [0.3, 0.4) is 0 Å². The van der Waals surface area contributed by atoms with Crippen molar-refractivity contribution in [3.8, 4) is 0 Å². The van der Waals surface area contributed by atoms with Crippen LogP contribution in [0.2, 0.25) is 0 Å². The van der Waals surface area contributed by atoms with Crippen LogP contribution in [-0.4, -0.2) is 46.7 Å². The van der Waals surface area contributed by atoms with Gasteiger partial charge in [0.05, 0.1) is 4.83 Å². The fourth-order valence-corrected chi connectivity index (χ4v) is 3.38. The molecule has 0 aromatic carbocycles. The summed E-state index contributed by atoms with van der Waals surface area (Å²) in [6.45, 7) is 6.87. The van der Waals surface area contributed by atoms with Crippen LogP contribution in [-0.2, 0) is 11.3 Å². The summed E-state index contributed by atoms with van der Waals surface area (Å²) in [5.41, 5.74) is 0. The van der Waals surface area contributed by atoms with E-state index in [-0.39, 0.29) is 10.7 Å². The Balaban J connectivity index is 1.86. The summed E-state index contributed by atoms with van der Waals surface area (Å²) in [4.78, 5) is 18.0. The molecule has 1 aromatic rings. The molecule has 0 spiro atoms. The zero-order valence-corrected chi connectivity index (χ0v) is 13.8. The Morgan fingerprint density at radius 3 is 2.95 bits per heavy atom. The molecule has 0 bridgehead atoms. The summed E-state index contributed by atoms with van der Waals surface area (Å²) in [6, 6.07) is 4.29. The van der Waals surface area contributed by atoms with Crippen LogP contribution >= 0.6 is 27.3 Å². The summed E-state index contributed by atoms with van der Waals surface area (Å²) in [7, 11) is 0. The molecule has 19 heavy (non-hydrogen) atoms. The number of amides is 1. The van der Waals surface area contributed by atoms with Crippen LogP contribution in [0.15, 0.2) is 17.5 Å². The van der Waals surface area contributed by atoms with E-state index in [1.54, 1.807) is 0 Å². The molecule has 0 aliphatic carbocycles. The van der Waals surface area contributed by atoms with Gasteiger partial charge in [0.25, 0.3) is 0 Å². The minimum atomic E-state index is -0.0173. The van der Waals surface area contributed by atoms with E-state index >= 15 is 0 Å². The molecule has 1 atom stereocenters. The van der Waals surface area contributed by atoms with Crippen molar-refractivity contribution in [3.63, 3.8) is 0 Å². The van der Waals surface area contributed by atoms with Gasteiger partial charge in [-0.3, -0.25) is 9.69 Å². The standard InChI is InChI=1S/C14H21BrN2OS/c1-2-13(15)14(18)17-7-4-6-16(8-9-17)11-12-5-3-10-19-12/h3,5,10,13H,2,4,6-9,11H2,1H3. The number of thiophene rings is 1. The third-order valence-corrected chi connectivity index (χ3v) is 5.39. The molecule has 3 nitrogen and oxygen atoms in total. The highest BCUT2D eigenvalue weighted by Crippen LogP contribution is 2.15. The largest absolute Gasteiger partial charge is 0.340 e. The van der Waals surface area contributed by atoms with Crippen molar-refractivity contribution in [1.29, 1.82) is 0 Å². The highest BCUT2D eigenvalue weighted by Gasteiger charge is 2.23. The first-order valence-electron chi connectivity index (χ1n) is 6.88. The minimum Gasteiger partial charge on any atom is -0.340 e. The first-order valence-corrected chi connectivity index (χ1v) is 8.68. The van der Waals surface area contributed by atoms with Crippen molar-refractivity contribution in [2.75, 3.05) is 26.2 Å². The lowest BCUT2D eigenvalue weighted by molar-refractivity contribution is -0.130. The SMILES string of the molecule is CCC(Br)C(=O)N1CCCN(Cc2cccs2)CC1. The lowest BCUT2D eigenvalue weighted by Gasteiger charge is -2.23. The zero-order chi connectivity index (χ0) is 13.7. The minimum absolute atomic E-state index is 0.0173. The molecule has 2 heterocycles. The Hall–Kier alpha value is -0.390. The Morgan fingerprint density at radius 1 is 1.42 bits per heavy atom. The predicted octanol–water partition coefficient (Wildman–Crippen LogP) is 2.96. The van der Waals surface area contributed by atoms with E-state index in [0.29, 0.717) is 0 Å².